The molecule has 0 amide bonds. The van der Waals surface area contributed by atoms with Crippen LogP contribution in [0.4, 0.5) is 5.69 Å². The molecular weight excluding hydrogens is 212 g/mol. The van der Waals surface area contributed by atoms with Crippen LogP contribution in [0, 0.1) is 0 Å². The van der Waals surface area contributed by atoms with Crippen molar-refractivity contribution in [3.8, 4) is 0 Å². The highest BCUT2D eigenvalue weighted by Crippen LogP contribution is 2.17. The molecule has 0 atom stereocenters. The molecule has 0 spiro atoms. The average molecular weight is 234 g/mol. The van der Waals surface area contributed by atoms with Crippen molar-refractivity contribution in [1.82, 2.24) is 4.90 Å². The minimum Gasteiger partial charge on any atom is -0.369 e. The zero-order valence-corrected chi connectivity index (χ0v) is 9.94. The summed E-state index contributed by atoms with van der Waals surface area (Å²) in [5, 5.41) is 0. The van der Waals surface area contributed by atoms with E-state index in [2.05, 4.69) is 16.8 Å². The fraction of sp³-hybridized carbons (Fsp3) is 0.500. The highest BCUT2D eigenvalue weighted by atomic mass is 16.1. The highest BCUT2D eigenvalue weighted by Gasteiger charge is 2.14. The van der Waals surface area contributed by atoms with E-state index in [-0.39, 0.29) is 13.2 Å². The average Bonchev–Trinajstić information content (AvgIpc) is 2.30. The van der Waals surface area contributed by atoms with Crippen LogP contribution in [-0.2, 0) is 0 Å². The highest BCUT2D eigenvalue weighted by molar-refractivity contribution is 5.94. The first-order chi connectivity index (χ1) is 7.66. The van der Waals surface area contributed by atoms with E-state index in [1.807, 2.05) is 24.3 Å². The molecule has 3 heteroatoms. The molecule has 0 radical (unpaired) electrons. The molecule has 0 bridgehead atoms. The zero-order valence-electron chi connectivity index (χ0n) is 9.94. The predicted molar refractivity (Wildman–Crippen MR) is 72.9 cm³/mol. The number of hydrogen-bond donors (Lipinski definition) is 0. The molecule has 1 aromatic rings. The first-order valence-electron chi connectivity index (χ1n) is 5.71. The lowest BCUT2D eigenvalue weighted by Gasteiger charge is -2.34. The molecule has 2 rings (SSSR count). The molecule has 3 nitrogen and oxygen atoms in total. The minimum atomic E-state index is 0. The molecule has 1 aliphatic heterocycles. The number of piperazine rings is 1. The van der Waals surface area contributed by atoms with Crippen LogP contribution in [0.15, 0.2) is 24.3 Å². The Balaban J connectivity index is 0.00000144. The fourth-order valence-electron chi connectivity index (χ4n) is 1.97. The number of carbonyl (C=O) groups excluding carboxylic acids is 1. The monoisotopic (exact) mass is 234 g/mol. The van der Waals surface area contributed by atoms with Crippen molar-refractivity contribution in [3.05, 3.63) is 29.8 Å². The number of ketones is 1. The Labute approximate surface area is 104 Å². The van der Waals surface area contributed by atoms with Crippen LogP contribution >= 0.6 is 0 Å². The van der Waals surface area contributed by atoms with Crippen molar-refractivity contribution in [2.24, 2.45) is 0 Å². The van der Waals surface area contributed by atoms with Crippen LogP contribution in [0.25, 0.3) is 0 Å². The van der Waals surface area contributed by atoms with Crippen LogP contribution in [0.5, 0.6) is 0 Å². The third kappa shape index (κ3) is 3.30. The van der Waals surface area contributed by atoms with Gasteiger partial charge in [0.2, 0.25) is 0 Å². The second-order valence-electron chi connectivity index (χ2n) is 4.39. The Morgan fingerprint density at radius 3 is 2.06 bits per heavy atom. The van der Waals surface area contributed by atoms with E-state index in [4.69, 9.17) is 0 Å². The first-order valence-corrected chi connectivity index (χ1v) is 5.71. The van der Waals surface area contributed by atoms with E-state index in [1.54, 1.807) is 6.92 Å². The second-order valence-corrected chi connectivity index (χ2v) is 4.39. The maximum absolute atomic E-state index is 11.2. The molecule has 0 aromatic heterocycles. The topological polar surface area (TPSA) is 23.6 Å². The van der Waals surface area contributed by atoms with Crippen molar-refractivity contribution in [2.45, 2.75) is 14.4 Å². The minimum absolute atomic E-state index is 0. The summed E-state index contributed by atoms with van der Waals surface area (Å²) in [5.41, 5.74) is 2.01. The van der Waals surface area contributed by atoms with Gasteiger partial charge < -0.3 is 9.80 Å². The number of likely N-dealkylation sites (N-methyl/N-ethyl adjacent to an activating group) is 1. The number of nitrogens with zero attached hydrogens (tertiary/aromatic N) is 2. The van der Waals surface area contributed by atoms with Gasteiger partial charge in [0.1, 0.15) is 0 Å². The number of Topliss-reactive ketones (excluding diaryl/α,β-unsaturated/α-hetero) is 1. The Morgan fingerprint density at radius 1 is 1.06 bits per heavy atom. The Morgan fingerprint density at radius 2 is 1.59 bits per heavy atom. The second kappa shape index (κ2) is 5.82. The molecule has 1 aromatic carbocycles. The summed E-state index contributed by atoms with van der Waals surface area (Å²) >= 11 is 0. The Hall–Kier alpha value is -1.35. The van der Waals surface area contributed by atoms with Gasteiger partial charge in [0.15, 0.2) is 5.78 Å². The fourth-order valence-corrected chi connectivity index (χ4v) is 1.97. The number of benzene rings is 1. The summed E-state index contributed by atoms with van der Waals surface area (Å²) in [6.07, 6.45) is 0. The molecule has 17 heavy (non-hydrogen) atoms. The quantitative estimate of drug-likeness (QED) is 0.733. The molecule has 1 fully saturated rings. The van der Waals surface area contributed by atoms with Gasteiger partial charge in [-0.2, -0.15) is 0 Å². The first kappa shape index (κ1) is 13.7. The Bertz CT molecular complexity index is 364. The normalized spacial score (nSPS) is 16.5. The van der Waals surface area contributed by atoms with Crippen LogP contribution < -0.4 is 4.90 Å². The smallest absolute Gasteiger partial charge is 0.159 e. The van der Waals surface area contributed by atoms with Gasteiger partial charge in [0.25, 0.3) is 0 Å². The third-order valence-corrected chi connectivity index (χ3v) is 3.14. The third-order valence-electron chi connectivity index (χ3n) is 3.14. The zero-order chi connectivity index (χ0) is 11.5. The van der Waals surface area contributed by atoms with Crippen LogP contribution in [0.1, 0.15) is 24.7 Å². The van der Waals surface area contributed by atoms with E-state index in [9.17, 15) is 4.79 Å². The molecular formula is C14H22N2O. The van der Waals surface area contributed by atoms with Gasteiger partial charge in [-0.05, 0) is 38.2 Å². The molecule has 94 valence electrons. The number of rotatable bonds is 2. The molecule has 1 saturated heterocycles. The van der Waals surface area contributed by atoms with Gasteiger partial charge in [-0.15, -0.1) is 0 Å². The molecule has 0 aliphatic carbocycles. The number of anilines is 1. The van der Waals surface area contributed by atoms with Gasteiger partial charge in [-0.25, -0.2) is 0 Å². The summed E-state index contributed by atoms with van der Waals surface area (Å²) in [6, 6.07) is 7.91. The molecule has 0 unspecified atom stereocenters. The maximum atomic E-state index is 11.2. The van der Waals surface area contributed by atoms with E-state index >= 15 is 0 Å². The summed E-state index contributed by atoms with van der Waals surface area (Å²) in [7, 11) is 2.15. The van der Waals surface area contributed by atoms with Crippen LogP contribution in [0.2, 0.25) is 0 Å². The van der Waals surface area contributed by atoms with E-state index in [0.29, 0.717) is 0 Å². The summed E-state index contributed by atoms with van der Waals surface area (Å²) in [6.45, 7) is 5.94. The van der Waals surface area contributed by atoms with E-state index < -0.39 is 0 Å². The molecule has 1 aliphatic rings. The van der Waals surface area contributed by atoms with Crippen LogP contribution in [-0.4, -0.2) is 43.9 Å². The standard InChI is InChI=1S/C13H18N2O.CH4/c1-11(16)12-3-5-13(6-4-12)15-9-7-14(2)8-10-15;/h3-6H,7-10H2,1-2H3;1H4. The van der Waals surface area contributed by atoms with Gasteiger partial charge in [-0.1, -0.05) is 7.43 Å². The number of hydrogen-bond acceptors (Lipinski definition) is 3. The van der Waals surface area contributed by atoms with Crippen LogP contribution in [0.3, 0.4) is 0 Å². The Kier molecular flexibility index (Phi) is 4.70. The molecule has 1 heterocycles. The van der Waals surface area contributed by atoms with E-state index in [1.165, 1.54) is 5.69 Å². The summed E-state index contributed by atoms with van der Waals surface area (Å²) in [4.78, 5) is 15.9. The van der Waals surface area contributed by atoms with Crippen molar-refractivity contribution in [3.63, 3.8) is 0 Å². The lowest BCUT2D eigenvalue weighted by Crippen LogP contribution is -2.44. The van der Waals surface area contributed by atoms with Crippen molar-refractivity contribution in [1.29, 1.82) is 0 Å². The molecule has 0 N–H and O–H groups in total. The van der Waals surface area contributed by atoms with Gasteiger partial charge in [0, 0.05) is 37.4 Å². The van der Waals surface area contributed by atoms with Crippen molar-refractivity contribution < 1.29 is 4.79 Å². The van der Waals surface area contributed by atoms with Gasteiger partial charge >= 0.3 is 0 Å². The lowest BCUT2D eigenvalue weighted by molar-refractivity contribution is 0.101. The summed E-state index contributed by atoms with van der Waals surface area (Å²) in [5.74, 6) is 0.130. The van der Waals surface area contributed by atoms with E-state index in [0.717, 1.165) is 31.7 Å². The summed E-state index contributed by atoms with van der Waals surface area (Å²) < 4.78 is 0. The predicted octanol–water partition coefficient (Wildman–Crippen LogP) is 2.28. The number of carbonyl (C=O) groups is 1. The van der Waals surface area contributed by atoms with Gasteiger partial charge in [-0.3, -0.25) is 4.79 Å². The van der Waals surface area contributed by atoms with Crippen molar-refractivity contribution in [2.75, 3.05) is 38.1 Å². The SMILES string of the molecule is C.CC(=O)c1ccc(N2CCN(C)CC2)cc1. The van der Waals surface area contributed by atoms with Crippen molar-refractivity contribution >= 4 is 11.5 Å². The largest absolute Gasteiger partial charge is 0.369 e. The maximum Gasteiger partial charge on any atom is 0.159 e. The lowest BCUT2D eigenvalue weighted by atomic mass is 10.1. The van der Waals surface area contributed by atoms with Gasteiger partial charge in [0.05, 0.1) is 0 Å². The molecule has 0 saturated carbocycles.